The Morgan fingerprint density at radius 3 is 0.990 bits per heavy atom. The molecule has 0 unspecified atom stereocenters. The average molecular weight is 1300 g/mol. The zero-order valence-electron chi connectivity index (χ0n) is 57.8. The van der Waals surface area contributed by atoms with E-state index in [1.165, 1.54) is 132 Å². The first-order chi connectivity index (χ1) is 49.5. The fraction of sp³-hybridized carbons (Fsp3) is 0.0928. The molecule has 15 aromatic carbocycles. The van der Waals surface area contributed by atoms with Crippen LogP contribution in [0.3, 0.4) is 0 Å². The van der Waals surface area contributed by atoms with Crippen molar-refractivity contribution < 1.29 is 0 Å². The Hall–Kier alpha value is -12.2. The lowest BCUT2D eigenvalue weighted by atomic mass is 9.80. The predicted molar refractivity (Wildman–Crippen MR) is 429 cm³/mol. The molecular formula is C97H76N4. The van der Waals surface area contributed by atoms with E-state index in [-0.39, 0.29) is 5.41 Å². The topological polar surface area (TPSA) is 16.3 Å². The van der Waals surface area contributed by atoms with Crippen molar-refractivity contribution in [3.05, 3.63) is 362 Å². The third-order valence-corrected chi connectivity index (χ3v) is 21.4. The maximum Gasteiger partial charge on any atom is 0.0541 e. The molecule has 0 saturated heterocycles. The Kier molecular flexibility index (Phi) is 14.9. The second kappa shape index (κ2) is 24.6. The van der Waals surface area contributed by atoms with E-state index in [9.17, 15) is 0 Å². The smallest absolute Gasteiger partial charge is 0.0541 e. The van der Waals surface area contributed by atoms with E-state index < -0.39 is 0 Å². The van der Waals surface area contributed by atoms with Crippen LogP contribution in [0, 0.1) is 0 Å². The molecule has 2 aromatic heterocycles. The average Bonchev–Trinajstić information content (AvgIpc) is 1.57. The van der Waals surface area contributed by atoms with Crippen LogP contribution in [0.15, 0.2) is 340 Å². The molecule has 0 atom stereocenters. The van der Waals surface area contributed by atoms with Gasteiger partial charge in [-0.05, 0) is 234 Å². The molecule has 2 heterocycles. The van der Waals surface area contributed by atoms with Crippen LogP contribution in [-0.4, -0.2) is 9.13 Å². The molecule has 0 bridgehead atoms. The minimum absolute atomic E-state index is 0.344. The largest absolute Gasteiger partial charge is 0.310 e. The summed E-state index contributed by atoms with van der Waals surface area (Å²) >= 11 is 0. The van der Waals surface area contributed by atoms with E-state index in [1.807, 2.05) is 0 Å². The van der Waals surface area contributed by atoms with Crippen molar-refractivity contribution in [2.75, 3.05) is 9.80 Å². The van der Waals surface area contributed by atoms with Gasteiger partial charge in [-0.2, -0.15) is 0 Å². The summed E-state index contributed by atoms with van der Waals surface area (Å²) in [7, 11) is 0. The standard InChI is InChI=1S/C97H76N4/c1-63(2)65-33-42-76(43-34-65)98(78-29-19-31-80(60-78)100-92-51-38-71(67-21-11-7-12-22-67)56-87(92)88-57-72(39-52-93(88)100)68-23-13-8-14-24-68)82-46-49-84-75(55-82)37-48-86-85-50-47-83(62-91(85)97(5,6)96(84)86)99(77-44-35-66(36-45-77)64(3)4)79-30-20-32-81(61-79)101-94-53-40-73(69-25-15-9-16-26-69)58-89(94)90-59-74(41-54-95(90)101)70-27-17-10-18-28-70/h7-64H,1-6H3. The Balaban J connectivity index is 0.736. The molecule has 0 saturated carbocycles. The molecule has 18 rings (SSSR count). The minimum Gasteiger partial charge on any atom is -0.310 e. The van der Waals surface area contributed by atoms with Crippen molar-refractivity contribution in [1.82, 2.24) is 9.13 Å². The minimum atomic E-state index is -0.344. The summed E-state index contributed by atoms with van der Waals surface area (Å²) in [5.41, 5.74) is 30.6. The molecule has 4 heteroatoms. The number of benzene rings is 15. The van der Waals surface area contributed by atoms with Crippen molar-refractivity contribution in [2.45, 2.75) is 58.8 Å². The van der Waals surface area contributed by atoms with Gasteiger partial charge < -0.3 is 18.9 Å². The van der Waals surface area contributed by atoms with Crippen LogP contribution in [0.5, 0.6) is 0 Å². The quantitative estimate of drug-likeness (QED) is 0.108. The molecule has 0 radical (unpaired) electrons. The SMILES string of the molecule is CC(C)c1ccc(N(c2cccc(-n3c4ccc(-c5ccccc5)cc4c4cc(-c5ccccc5)ccc43)c2)c2ccc3c(c2)C(C)(C)c2c-3ccc3cc(N(c4ccc(C(C)C)cc4)c4cccc(-n5c6ccc(-c7ccccc7)cc6c6cc(-c7ccccc7)ccc65)c4)ccc23)cc1. The van der Waals surface area contributed by atoms with Crippen LogP contribution in [0.1, 0.15) is 75.6 Å². The van der Waals surface area contributed by atoms with Gasteiger partial charge in [0, 0.05) is 72.5 Å². The first kappa shape index (κ1) is 61.1. The van der Waals surface area contributed by atoms with Crippen molar-refractivity contribution >= 4 is 88.5 Å². The molecule has 4 nitrogen and oxygen atoms in total. The second-order valence-electron chi connectivity index (χ2n) is 28.5. The van der Waals surface area contributed by atoms with Gasteiger partial charge in [0.25, 0.3) is 0 Å². The fourth-order valence-electron chi connectivity index (χ4n) is 16.2. The number of nitrogens with zero attached hydrogens (tertiary/aromatic N) is 4. The highest BCUT2D eigenvalue weighted by molar-refractivity contribution is 6.13. The van der Waals surface area contributed by atoms with E-state index in [0.717, 1.165) is 45.5 Å². The number of hydrogen-bond acceptors (Lipinski definition) is 2. The lowest BCUT2D eigenvalue weighted by molar-refractivity contribution is 0.666. The molecule has 0 amide bonds. The number of aromatic nitrogens is 2. The lowest BCUT2D eigenvalue weighted by Gasteiger charge is -2.29. The van der Waals surface area contributed by atoms with Gasteiger partial charge in [0.05, 0.1) is 22.1 Å². The highest BCUT2D eigenvalue weighted by Gasteiger charge is 2.38. The summed E-state index contributed by atoms with van der Waals surface area (Å²) in [5.74, 6) is 0.805. The summed E-state index contributed by atoms with van der Waals surface area (Å²) in [6.07, 6.45) is 0. The van der Waals surface area contributed by atoms with Gasteiger partial charge in [0.1, 0.15) is 0 Å². The molecule has 0 N–H and O–H groups in total. The van der Waals surface area contributed by atoms with E-state index in [1.54, 1.807) is 0 Å². The van der Waals surface area contributed by atoms with Crippen LogP contribution in [0.2, 0.25) is 0 Å². The van der Waals surface area contributed by atoms with Crippen LogP contribution in [0.25, 0.3) is 121 Å². The molecule has 0 spiro atoms. The summed E-state index contributed by atoms with van der Waals surface area (Å²) < 4.78 is 4.92. The maximum atomic E-state index is 2.48. The molecule has 1 aliphatic carbocycles. The van der Waals surface area contributed by atoms with Crippen LogP contribution in [0.4, 0.5) is 34.1 Å². The van der Waals surface area contributed by atoms with E-state index in [0.29, 0.717) is 11.8 Å². The summed E-state index contributed by atoms with van der Waals surface area (Å²) in [6, 6.07) is 127. The Morgan fingerprint density at radius 2 is 0.604 bits per heavy atom. The second-order valence-corrected chi connectivity index (χ2v) is 28.5. The van der Waals surface area contributed by atoms with Crippen LogP contribution in [-0.2, 0) is 5.41 Å². The van der Waals surface area contributed by atoms with Gasteiger partial charge in [0.15, 0.2) is 0 Å². The van der Waals surface area contributed by atoms with Gasteiger partial charge in [0.2, 0.25) is 0 Å². The van der Waals surface area contributed by atoms with Crippen molar-refractivity contribution in [3.63, 3.8) is 0 Å². The highest BCUT2D eigenvalue weighted by atomic mass is 15.2. The zero-order chi connectivity index (χ0) is 68.0. The van der Waals surface area contributed by atoms with Gasteiger partial charge in [-0.15, -0.1) is 0 Å². The number of hydrogen-bond donors (Lipinski definition) is 0. The molecule has 0 fully saturated rings. The van der Waals surface area contributed by atoms with E-state index in [4.69, 9.17) is 0 Å². The van der Waals surface area contributed by atoms with Crippen LogP contribution >= 0.6 is 0 Å². The van der Waals surface area contributed by atoms with Crippen molar-refractivity contribution in [2.24, 2.45) is 0 Å². The summed E-state index contributed by atoms with van der Waals surface area (Å²) in [6.45, 7) is 13.9. The number of rotatable bonds is 14. The Labute approximate surface area is 591 Å². The highest BCUT2D eigenvalue weighted by Crippen LogP contribution is 2.54. The Morgan fingerprint density at radius 1 is 0.257 bits per heavy atom. The molecule has 17 aromatic rings. The predicted octanol–water partition coefficient (Wildman–Crippen LogP) is 27.2. The van der Waals surface area contributed by atoms with Crippen molar-refractivity contribution in [1.29, 1.82) is 0 Å². The van der Waals surface area contributed by atoms with E-state index in [2.05, 4.69) is 400 Å². The van der Waals surface area contributed by atoms with Gasteiger partial charge in [-0.25, -0.2) is 0 Å². The first-order valence-electron chi connectivity index (χ1n) is 35.6. The molecule has 0 aliphatic heterocycles. The summed E-state index contributed by atoms with van der Waals surface area (Å²) in [4.78, 5) is 4.91. The van der Waals surface area contributed by atoms with Gasteiger partial charge >= 0.3 is 0 Å². The normalized spacial score (nSPS) is 12.5. The first-order valence-corrected chi connectivity index (χ1v) is 35.6. The van der Waals surface area contributed by atoms with Crippen LogP contribution < -0.4 is 9.80 Å². The van der Waals surface area contributed by atoms with E-state index >= 15 is 0 Å². The third kappa shape index (κ3) is 10.6. The van der Waals surface area contributed by atoms with Gasteiger partial charge in [-0.3, -0.25) is 0 Å². The fourth-order valence-corrected chi connectivity index (χ4v) is 16.2. The maximum absolute atomic E-state index is 2.48. The molecular weight excluding hydrogens is 1220 g/mol. The molecule has 484 valence electrons. The zero-order valence-corrected chi connectivity index (χ0v) is 57.8. The molecule has 1 aliphatic rings. The lowest BCUT2D eigenvalue weighted by Crippen LogP contribution is -2.17. The third-order valence-electron chi connectivity index (χ3n) is 21.4. The Bertz CT molecular complexity index is 5830. The molecule has 101 heavy (non-hydrogen) atoms. The van der Waals surface area contributed by atoms with Crippen molar-refractivity contribution in [3.8, 4) is 67.0 Å². The number of fused-ring (bicyclic) bond motifs is 11. The number of anilines is 6. The van der Waals surface area contributed by atoms with Gasteiger partial charge in [-0.1, -0.05) is 248 Å². The monoisotopic (exact) mass is 1300 g/mol. The summed E-state index contributed by atoms with van der Waals surface area (Å²) in [5, 5.41) is 7.36.